The maximum Gasteiger partial charge on any atom is 0.408 e. The molecule has 152 valence electrons. The van der Waals surface area contributed by atoms with Crippen molar-refractivity contribution in [1.82, 2.24) is 16.0 Å². The molecule has 3 amide bonds. The number of carbonyl (C=O) groups is 5. The van der Waals surface area contributed by atoms with Gasteiger partial charge in [0.05, 0.1) is 0 Å². The van der Waals surface area contributed by atoms with Crippen LogP contribution in [0.3, 0.4) is 0 Å². The average molecular weight is 389 g/mol. The number of hydrogen-bond acceptors (Lipinski definition) is 7. The molecule has 1 saturated heterocycles. The van der Waals surface area contributed by atoms with Gasteiger partial charge in [0.2, 0.25) is 5.91 Å². The molecule has 0 radical (unpaired) electrons. The topological polar surface area (TPSA) is 184 Å². The molecule has 1 aliphatic rings. The van der Waals surface area contributed by atoms with E-state index in [9.17, 15) is 24.0 Å². The monoisotopic (exact) mass is 389 g/mol. The Morgan fingerprint density at radius 3 is 2.11 bits per heavy atom. The molecule has 4 atom stereocenters. The van der Waals surface area contributed by atoms with Crippen LogP contribution in [0, 0.1) is 0 Å². The zero-order valence-corrected chi connectivity index (χ0v) is 15.3. The van der Waals surface area contributed by atoms with Gasteiger partial charge in [0.1, 0.15) is 17.7 Å². The van der Waals surface area contributed by atoms with Crippen LogP contribution >= 0.6 is 0 Å². The van der Waals surface area contributed by atoms with E-state index in [4.69, 9.17) is 14.9 Å². The molecule has 12 nitrogen and oxygen atoms in total. The third-order valence-electron chi connectivity index (χ3n) is 3.21. The minimum absolute atomic E-state index is 0.428. The van der Waals surface area contributed by atoms with Gasteiger partial charge in [0.25, 0.3) is 5.91 Å². The van der Waals surface area contributed by atoms with Gasteiger partial charge >= 0.3 is 18.0 Å². The first kappa shape index (κ1) is 22.2. The van der Waals surface area contributed by atoms with Crippen LogP contribution in [0.5, 0.6) is 0 Å². The smallest absolute Gasteiger partial charge is 0.408 e. The van der Waals surface area contributed by atoms with Crippen LogP contribution in [-0.2, 0) is 28.7 Å². The van der Waals surface area contributed by atoms with Crippen LogP contribution in [0.1, 0.15) is 27.7 Å². The fraction of sp³-hybridized carbons (Fsp3) is 0.667. The van der Waals surface area contributed by atoms with Gasteiger partial charge in [-0.3, -0.25) is 14.4 Å². The molecule has 27 heavy (non-hydrogen) atoms. The van der Waals surface area contributed by atoms with Crippen molar-refractivity contribution in [3.63, 3.8) is 0 Å². The van der Waals surface area contributed by atoms with E-state index in [-0.39, 0.29) is 0 Å². The molecule has 1 heterocycles. The van der Waals surface area contributed by atoms with E-state index < -0.39 is 66.3 Å². The fourth-order valence-corrected chi connectivity index (χ4v) is 1.84. The van der Waals surface area contributed by atoms with Gasteiger partial charge in [-0.05, 0) is 27.7 Å². The van der Waals surface area contributed by atoms with Crippen LogP contribution < -0.4 is 16.0 Å². The summed E-state index contributed by atoms with van der Waals surface area (Å²) in [6.45, 7) is 5.60. The number of carbonyl (C=O) groups excluding carboxylic acids is 3. The SMILES string of the molecule is C[C@H](NC(=O)[C@H](CNC(=O)C1OC1C(=O)O)NC(=O)OC(C)(C)C)C(=O)O. The van der Waals surface area contributed by atoms with E-state index in [1.165, 1.54) is 6.92 Å². The zero-order valence-electron chi connectivity index (χ0n) is 15.3. The maximum absolute atomic E-state index is 12.2. The molecule has 0 bridgehead atoms. The Morgan fingerprint density at radius 2 is 1.67 bits per heavy atom. The summed E-state index contributed by atoms with van der Waals surface area (Å²) >= 11 is 0. The van der Waals surface area contributed by atoms with Crippen molar-refractivity contribution < 1.29 is 43.7 Å². The molecule has 5 N–H and O–H groups in total. The van der Waals surface area contributed by atoms with Crippen molar-refractivity contribution in [3.05, 3.63) is 0 Å². The molecule has 2 unspecified atom stereocenters. The van der Waals surface area contributed by atoms with E-state index in [1.807, 2.05) is 0 Å². The van der Waals surface area contributed by atoms with Gasteiger partial charge in [-0.25, -0.2) is 9.59 Å². The lowest BCUT2D eigenvalue weighted by molar-refractivity contribution is -0.141. The van der Waals surface area contributed by atoms with Crippen LogP contribution in [0.25, 0.3) is 0 Å². The highest BCUT2D eigenvalue weighted by Gasteiger charge is 2.50. The second-order valence-corrected chi connectivity index (χ2v) is 6.83. The number of alkyl carbamates (subject to hydrolysis) is 1. The van der Waals surface area contributed by atoms with E-state index in [2.05, 4.69) is 20.7 Å². The van der Waals surface area contributed by atoms with Crippen molar-refractivity contribution in [2.75, 3.05) is 6.54 Å². The van der Waals surface area contributed by atoms with Crippen LogP contribution in [0.4, 0.5) is 4.79 Å². The van der Waals surface area contributed by atoms with Gasteiger partial charge in [0.15, 0.2) is 12.2 Å². The first-order valence-electron chi connectivity index (χ1n) is 8.00. The summed E-state index contributed by atoms with van der Waals surface area (Å²) in [4.78, 5) is 57.5. The maximum atomic E-state index is 12.2. The normalized spacial score (nSPS) is 20.6. The summed E-state index contributed by atoms with van der Waals surface area (Å²) in [6, 6.07) is -2.59. The Bertz CT molecular complexity index is 629. The van der Waals surface area contributed by atoms with E-state index in [0.29, 0.717) is 0 Å². The van der Waals surface area contributed by atoms with E-state index in [1.54, 1.807) is 20.8 Å². The molecule has 1 rings (SSSR count). The predicted molar refractivity (Wildman–Crippen MR) is 87.7 cm³/mol. The number of aliphatic carboxylic acids is 2. The van der Waals surface area contributed by atoms with Gasteiger partial charge in [-0.15, -0.1) is 0 Å². The lowest BCUT2D eigenvalue weighted by Crippen LogP contribution is -2.56. The summed E-state index contributed by atoms with van der Waals surface area (Å²) < 4.78 is 9.70. The van der Waals surface area contributed by atoms with Crippen molar-refractivity contribution in [3.8, 4) is 0 Å². The van der Waals surface area contributed by atoms with E-state index in [0.717, 1.165) is 0 Å². The molecular formula is C15H23N3O9. The molecule has 1 aliphatic heterocycles. The number of rotatable bonds is 8. The van der Waals surface area contributed by atoms with E-state index >= 15 is 0 Å². The Balaban J connectivity index is 2.70. The largest absolute Gasteiger partial charge is 0.480 e. The standard InChI is InChI=1S/C15H23N3O9/c1-6(12(21)22)17-10(19)7(18-14(25)27-15(2,3)4)5-16-11(20)8-9(26-8)13(23)24/h6-9H,5H2,1-4H3,(H,16,20)(H,17,19)(H,18,25)(H,21,22)(H,23,24)/t6-,7-,8?,9?/m0/s1. The second-order valence-electron chi connectivity index (χ2n) is 6.83. The number of ether oxygens (including phenoxy) is 2. The predicted octanol–water partition coefficient (Wildman–Crippen LogP) is -1.56. The Morgan fingerprint density at radius 1 is 1.07 bits per heavy atom. The number of carboxylic acid groups (broad SMARTS) is 2. The minimum atomic E-state index is -1.35. The van der Waals surface area contributed by atoms with Crippen LogP contribution in [0.2, 0.25) is 0 Å². The number of epoxide rings is 1. The Kier molecular flexibility index (Phi) is 7.11. The van der Waals surface area contributed by atoms with Crippen molar-refractivity contribution in [1.29, 1.82) is 0 Å². The Labute approximate surface area is 154 Å². The first-order chi connectivity index (χ1) is 12.3. The summed E-state index contributed by atoms with van der Waals surface area (Å²) in [6.07, 6.45) is -3.40. The molecule has 0 aliphatic carbocycles. The summed E-state index contributed by atoms with van der Waals surface area (Å²) in [5.41, 5.74) is -0.848. The third-order valence-corrected chi connectivity index (χ3v) is 3.21. The molecule has 1 fully saturated rings. The summed E-state index contributed by atoms with van der Waals surface area (Å²) in [5, 5.41) is 24.2. The van der Waals surface area contributed by atoms with Crippen molar-refractivity contribution in [2.24, 2.45) is 0 Å². The molecule has 0 spiro atoms. The van der Waals surface area contributed by atoms with Crippen molar-refractivity contribution >= 4 is 29.8 Å². The highest BCUT2D eigenvalue weighted by Crippen LogP contribution is 2.21. The van der Waals surface area contributed by atoms with Crippen LogP contribution in [-0.4, -0.2) is 76.5 Å². The number of hydrogen-bond donors (Lipinski definition) is 5. The zero-order chi connectivity index (χ0) is 20.9. The molecule has 12 heteroatoms. The average Bonchev–Trinajstić information content (AvgIpc) is 3.29. The Hall–Kier alpha value is -2.89. The quantitative estimate of drug-likeness (QED) is 0.306. The third kappa shape index (κ3) is 7.48. The summed E-state index contributed by atoms with van der Waals surface area (Å²) in [7, 11) is 0. The molecule has 0 saturated carbocycles. The van der Waals surface area contributed by atoms with Gasteiger partial charge in [-0.1, -0.05) is 0 Å². The minimum Gasteiger partial charge on any atom is -0.480 e. The van der Waals surface area contributed by atoms with Crippen molar-refractivity contribution in [2.45, 2.75) is 57.6 Å². The number of amides is 3. The second kappa shape index (κ2) is 8.66. The number of nitrogens with one attached hydrogen (secondary N) is 3. The molecular weight excluding hydrogens is 366 g/mol. The van der Waals surface area contributed by atoms with Crippen LogP contribution in [0.15, 0.2) is 0 Å². The first-order valence-corrected chi connectivity index (χ1v) is 8.00. The summed E-state index contributed by atoms with van der Waals surface area (Å²) in [5.74, 6) is -4.24. The highest BCUT2D eigenvalue weighted by molar-refractivity contribution is 5.93. The lowest BCUT2D eigenvalue weighted by Gasteiger charge is -2.24. The molecule has 0 aromatic heterocycles. The van der Waals surface area contributed by atoms with Gasteiger partial charge in [-0.2, -0.15) is 0 Å². The van der Waals surface area contributed by atoms with Gasteiger partial charge < -0.3 is 35.6 Å². The fourth-order valence-electron chi connectivity index (χ4n) is 1.84. The molecule has 0 aromatic rings. The lowest BCUT2D eigenvalue weighted by atomic mass is 10.2. The highest BCUT2D eigenvalue weighted by atomic mass is 16.6. The number of carboxylic acids is 2. The van der Waals surface area contributed by atoms with Gasteiger partial charge in [0, 0.05) is 6.54 Å². The molecule has 0 aromatic carbocycles.